The Morgan fingerprint density at radius 1 is 1.38 bits per heavy atom. The minimum Gasteiger partial charge on any atom is -0.508 e. The number of rotatable bonds is 2. The molecular weight excluding hydrogens is 228 g/mol. The Bertz CT molecular complexity index is 531. The third-order valence-corrected chi connectivity index (χ3v) is 2.55. The van der Waals surface area contributed by atoms with Crippen LogP contribution in [0.15, 0.2) is 30.5 Å². The van der Waals surface area contributed by atoms with Gasteiger partial charge in [-0.25, -0.2) is 4.68 Å². The van der Waals surface area contributed by atoms with Crippen molar-refractivity contribution in [3.8, 4) is 11.4 Å². The summed E-state index contributed by atoms with van der Waals surface area (Å²) in [5.41, 5.74) is 1.07. The van der Waals surface area contributed by atoms with Crippen molar-refractivity contribution in [1.82, 2.24) is 9.78 Å². The van der Waals surface area contributed by atoms with Gasteiger partial charge in [-0.05, 0) is 31.2 Å². The third-order valence-electron chi connectivity index (χ3n) is 2.18. The summed E-state index contributed by atoms with van der Waals surface area (Å²) in [6.45, 7) is 1.43. The van der Waals surface area contributed by atoms with Crippen molar-refractivity contribution in [3.05, 3.63) is 41.2 Å². The molecular formula is C11H9ClN2O2. The molecule has 0 aliphatic heterocycles. The minimum absolute atomic E-state index is 0.130. The van der Waals surface area contributed by atoms with Crippen molar-refractivity contribution in [2.24, 2.45) is 0 Å². The fraction of sp³-hybridized carbons (Fsp3) is 0.0909. The number of phenolic OH excluding ortho intramolecular Hbond substituents is 1. The largest absolute Gasteiger partial charge is 0.508 e. The molecule has 0 aliphatic carbocycles. The highest BCUT2D eigenvalue weighted by atomic mass is 35.5. The molecule has 0 atom stereocenters. The molecule has 1 aromatic carbocycles. The number of hydrogen-bond donors (Lipinski definition) is 1. The number of phenols is 1. The second-order valence-electron chi connectivity index (χ2n) is 3.33. The van der Waals surface area contributed by atoms with E-state index in [1.54, 1.807) is 12.1 Å². The van der Waals surface area contributed by atoms with Gasteiger partial charge in [0.25, 0.3) is 0 Å². The first-order valence-electron chi connectivity index (χ1n) is 4.63. The monoisotopic (exact) mass is 236 g/mol. The summed E-state index contributed by atoms with van der Waals surface area (Å²) in [4.78, 5) is 11.2. The summed E-state index contributed by atoms with van der Waals surface area (Å²) in [5.74, 6) is 0.0360. The molecule has 0 spiro atoms. The van der Waals surface area contributed by atoms with Crippen molar-refractivity contribution < 1.29 is 9.90 Å². The van der Waals surface area contributed by atoms with Gasteiger partial charge in [-0.1, -0.05) is 11.6 Å². The van der Waals surface area contributed by atoms with E-state index in [0.717, 1.165) is 0 Å². The van der Waals surface area contributed by atoms with Crippen LogP contribution >= 0.6 is 11.6 Å². The first kappa shape index (κ1) is 10.7. The van der Waals surface area contributed by atoms with Gasteiger partial charge in [0.1, 0.15) is 10.9 Å². The second-order valence-corrected chi connectivity index (χ2v) is 3.69. The lowest BCUT2D eigenvalue weighted by Crippen LogP contribution is -1.97. The zero-order valence-corrected chi connectivity index (χ0v) is 9.27. The first-order valence-corrected chi connectivity index (χ1v) is 5.01. The number of aromatic nitrogens is 2. The summed E-state index contributed by atoms with van der Waals surface area (Å²) in [7, 11) is 0. The van der Waals surface area contributed by atoms with Gasteiger partial charge in [-0.15, -0.1) is 0 Å². The molecule has 5 heteroatoms. The molecule has 1 aromatic heterocycles. The van der Waals surface area contributed by atoms with E-state index in [2.05, 4.69) is 5.10 Å². The summed E-state index contributed by atoms with van der Waals surface area (Å²) in [6, 6.07) is 6.39. The lowest BCUT2D eigenvalue weighted by molar-refractivity contribution is 0.101. The highest BCUT2D eigenvalue weighted by Gasteiger charge is 2.13. The van der Waals surface area contributed by atoms with Crippen LogP contribution in [-0.4, -0.2) is 20.7 Å². The fourth-order valence-corrected chi connectivity index (χ4v) is 1.67. The Kier molecular flexibility index (Phi) is 2.66. The average Bonchev–Trinajstić information content (AvgIpc) is 2.61. The minimum atomic E-state index is -0.130. The normalized spacial score (nSPS) is 10.4. The molecule has 16 heavy (non-hydrogen) atoms. The Morgan fingerprint density at radius 2 is 2.00 bits per heavy atom. The van der Waals surface area contributed by atoms with Crippen molar-refractivity contribution in [2.75, 3.05) is 0 Å². The molecule has 0 saturated heterocycles. The van der Waals surface area contributed by atoms with Crippen LogP contribution in [0.25, 0.3) is 5.69 Å². The molecule has 0 fully saturated rings. The maximum Gasteiger partial charge on any atom is 0.164 e. The number of Topliss-reactive ketones (excluding diaryl/α,β-unsaturated/α-hetero) is 1. The first-order chi connectivity index (χ1) is 7.59. The molecule has 1 heterocycles. The van der Waals surface area contributed by atoms with Crippen LogP contribution in [-0.2, 0) is 0 Å². The number of hydrogen-bond acceptors (Lipinski definition) is 3. The van der Waals surface area contributed by atoms with Gasteiger partial charge < -0.3 is 5.11 Å². The van der Waals surface area contributed by atoms with Crippen LogP contribution in [0.4, 0.5) is 0 Å². The van der Waals surface area contributed by atoms with Crippen LogP contribution in [0.3, 0.4) is 0 Å². The number of ketones is 1. The van der Waals surface area contributed by atoms with Crippen molar-refractivity contribution in [1.29, 1.82) is 0 Å². The molecule has 4 nitrogen and oxygen atoms in total. The van der Waals surface area contributed by atoms with Crippen molar-refractivity contribution in [3.63, 3.8) is 0 Å². The molecule has 0 bridgehead atoms. The van der Waals surface area contributed by atoms with E-state index in [1.807, 2.05) is 0 Å². The standard InChI is InChI=1S/C11H9ClN2O2/c1-7(15)10-6-13-14(11(10)12)8-2-4-9(16)5-3-8/h2-6,16H,1H3. The quantitative estimate of drug-likeness (QED) is 0.815. The highest BCUT2D eigenvalue weighted by Crippen LogP contribution is 2.21. The molecule has 0 aliphatic rings. The summed E-state index contributed by atoms with van der Waals surface area (Å²) >= 11 is 6.01. The van der Waals surface area contributed by atoms with E-state index >= 15 is 0 Å². The van der Waals surface area contributed by atoms with E-state index in [-0.39, 0.29) is 16.7 Å². The molecule has 2 aromatic rings. The number of aromatic hydroxyl groups is 1. The van der Waals surface area contributed by atoms with Gasteiger partial charge in [0, 0.05) is 0 Å². The predicted octanol–water partition coefficient (Wildman–Crippen LogP) is 2.43. The van der Waals surface area contributed by atoms with Crippen molar-refractivity contribution >= 4 is 17.4 Å². The summed E-state index contributed by atoms with van der Waals surface area (Å²) < 4.78 is 1.44. The molecule has 2 rings (SSSR count). The predicted molar refractivity (Wildman–Crippen MR) is 60.2 cm³/mol. The van der Waals surface area contributed by atoms with Gasteiger partial charge in [-0.3, -0.25) is 4.79 Å². The number of benzene rings is 1. The maximum absolute atomic E-state index is 11.2. The topological polar surface area (TPSA) is 55.1 Å². The highest BCUT2D eigenvalue weighted by molar-refractivity contribution is 6.33. The number of halogens is 1. The van der Waals surface area contributed by atoms with Gasteiger partial charge in [-0.2, -0.15) is 5.10 Å². The Morgan fingerprint density at radius 3 is 2.50 bits per heavy atom. The van der Waals surface area contributed by atoms with E-state index in [4.69, 9.17) is 16.7 Å². The van der Waals surface area contributed by atoms with E-state index in [1.165, 1.54) is 29.9 Å². The van der Waals surface area contributed by atoms with Crippen LogP contribution in [0, 0.1) is 0 Å². The number of carbonyl (C=O) groups excluding carboxylic acids is 1. The molecule has 1 N–H and O–H groups in total. The lowest BCUT2D eigenvalue weighted by Gasteiger charge is -2.03. The average molecular weight is 237 g/mol. The summed E-state index contributed by atoms with van der Waals surface area (Å²) in [6.07, 6.45) is 1.43. The van der Waals surface area contributed by atoms with Crippen LogP contribution in [0.1, 0.15) is 17.3 Å². The van der Waals surface area contributed by atoms with Gasteiger partial charge in [0.2, 0.25) is 0 Å². The number of carbonyl (C=O) groups is 1. The van der Waals surface area contributed by atoms with Gasteiger partial charge in [0.05, 0.1) is 17.4 Å². The maximum atomic E-state index is 11.2. The Labute approximate surface area is 97.1 Å². The molecule has 82 valence electrons. The van der Waals surface area contributed by atoms with E-state index < -0.39 is 0 Å². The smallest absolute Gasteiger partial charge is 0.164 e. The van der Waals surface area contributed by atoms with E-state index in [0.29, 0.717) is 11.3 Å². The molecule has 0 unspecified atom stereocenters. The second kappa shape index (κ2) is 3.98. The third kappa shape index (κ3) is 1.79. The lowest BCUT2D eigenvalue weighted by atomic mass is 10.2. The molecule has 0 amide bonds. The molecule has 0 radical (unpaired) electrons. The van der Waals surface area contributed by atoms with Crippen molar-refractivity contribution in [2.45, 2.75) is 6.92 Å². The van der Waals surface area contributed by atoms with Crippen LogP contribution in [0.2, 0.25) is 5.15 Å². The fourth-order valence-electron chi connectivity index (χ4n) is 1.34. The zero-order chi connectivity index (χ0) is 11.7. The Hall–Kier alpha value is -1.81. The Balaban J connectivity index is 2.49. The SMILES string of the molecule is CC(=O)c1cnn(-c2ccc(O)cc2)c1Cl. The zero-order valence-electron chi connectivity index (χ0n) is 8.51. The molecule has 0 saturated carbocycles. The summed E-state index contributed by atoms with van der Waals surface area (Å²) in [5, 5.41) is 13.4. The number of nitrogens with zero attached hydrogens (tertiary/aromatic N) is 2. The van der Waals surface area contributed by atoms with E-state index in [9.17, 15) is 4.79 Å². The van der Waals surface area contributed by atoms with Crippen LogP contribution < -0.4 is 0 Å². The van der Waals surface area contributed by atoms with Crippen LogP contribution in [0.5, 0.6) is 5.75 Å². The van der Waals surface area contributed by atoms with Gasteiger partial charge in [0.15, 0.2) is 5.78 Å². The van der Waals surface area contributed by atoms with Gasteiger partial charge >= 0.3 is 0 Å².